The fourth-order valence-electron chi connectivity index (χ4n) is 3.55. The van der Waals surface area contributed by atoms with E-state index < -0.39 is 9.84 Å². The van der Waals surface area contributed by atoms with Gasteiger partial charge in [0.2, 0.25) is 11.1 Å². The molecule has 156 valence electrons. The molecule has 1 atom stereocenters. The lowest BCUT2D eigenvalue weighted by Crippen LogP contribution is -2.43. The summed E-state index contributed by atoms with van der Waals surface area (Å²) >= 11 is 7.30. The molecular formula is C18H21ClN4O4S2. The molecule has 2 heterocycles. The quantitative estimate of drug-likeness (QED) is 0.637. The minimum Gasteiger partial charge on any atom is -0.496 e. The van der Waals surface area contributed by atoms with Crippen LogP contribution in [0.4, 0.5) is 0 Å². The summed E-state index contributed by atoms with van der Waals surface area (Å²) in [5, 5.41) is 8.01. The largest absolute Gasteiger partial charge is 0.496 e. The highest BCUT2D eigenvalue weighted by Crippen LogP contribution is 2.34. The maximum Gasteiger partial charge on any atom is 0.233 e. The Morgan fingerprint density at radius 1 is 1.34 bits per heavy atom. The van der Waals surface area contributed by atoms with E-state index in [1.165, 1.54) is 11.8 Å². The first-order valence-electron chi connectivity index (χ1n) is 9.27. The highest BCUT2D eigenvalue weighted by Gasteiger charge is 2.41. The maximum atomic E-state index is 12.8. The maximum absolute atomic E-state index is 12.8. The van der Waals surface area contributed by atoms with E-state index in [-0.39, 0.29) is 35.2 Å². The van der Waals surface area contributed by atoms with Crippen molar-refractivity contribution in [1.29, 1.82) is 0 Å². The molecule has 2 fully saturated rings. The number of ether oxygens (including phenoxy) is 1. The Bertz CT molecular complexity index is 1020. The standard InChI is InChI=1S/C18H21ClN4O4S2/c1-27-15-5-2-11(19)8-14(15)17-20-18(22-21-17)28-9-16(24)23(12-3-4-12)13-6-7-29(25,26)10-13/h2,5,8,12-13H,3-4,6-7,9-10H2,1H3,(H,20,21,22). The van der Waals surface area contributed by atoms with Gasteiger partial charge in [-0.3, -0.25) is 9.89 Å². The van der Waals surface area contributed by atoms with Gasteiger partial charge in [-0.15, -0.1) is 5.10 Å². The number of thioether (sulfide) groups is 1. The van der Waals surface area contributed by atoms with Crippen molar-refractivity contribution >= 4 is 39.1 Å². The van der Waals surface area contributed by atoms with Gasteiger partial charge in [0.1, 0.15) is 5.75 Å². The second kappa shape index (κ2) is 8.16. The molecule has 1 aliphatic heterocycles. The number of carbonyl (C=O) groups excluding carboxylic acids is 1. The van der Waals surface area contributed by atoms with Gasteiger partial charge in [0.05, 0.1) is 29.9 Å². The summed E-state index contributed by atoms with van der Waals surface area (Å²) in [6, 6.07) is 5.17. The molecule has 4 rings (SSSR count). The number of methoxy groups -OCH3 is 1. The number of hydrogen-bond acceptors (Lipinski definition) is 7. The molecule has 0 bridgehead atoms. The molecule has 29 heavy (non-hydrogen) atoms. The van der Waals surface area contributed by atoms with E-state index in [0.29, 0.717) is 33.7 Å². The topological polar surface area (TPSA) is 105 Å². The number of rotatable bonds is 7. The van der Waals surface area contributed by atoms with Crippen LogP contribution in [0.3, 0.4) is 0 Å². The number of H-pyrrole nitrogens is 1. The molecule has 0 spiro atoms. The lowest BCUT2D eigenvalue weighted by Gasteiger charge is -2.28. The van der Waals surface area contributed by atoms with Crippen molar-refractivity contribution in [2.24, 2.45) is 0 Å². The van der Waals surface area contributed by atoms with Gasteiger partial charge in [-0.2, -0.15) is 0 Å². The van der Waals surface area contributed by atoms with Gasteiger partial charge in [-0.25, -0.2) is 13.4 Å². The average molecular weight is 457 g/mol. The summed E-state index contributed by atoms with van der Waals surface area (Å²) < 4.78 is 29.0. The third kappa shape index (κ3) is 4.70. The predicted octanol–water partition coefficient (Wildman–Crippen LogP) is 2.40. The van der Waals surface area contributed by atoms with Crippen LogP contribution in [0.15, 0.2) is 23.4 Å². The van der Waals surface area contributed by atoms with Crippen molar-refractivity contribution in [3.8, 4) is 17.1 Å². The minimum atomic E-state index is -3.04. The molecule has 1 aromatic carbocycles. The van der Waals surface area contributed by atoms with Crippen LogP contribution < -0.4 is 4.74 Å². The number of sulfone groups is 1. The molecule has 1 N–H and O–H groups in total. The van der Waals surface area contributed by atoms with Crippen molar-refractivity contribution in [1.82, 2.24) is 20.1 Å². The molecule has 0 radical (unpaired) electrons. The van der Waals surface area contributed by atoms with Crippen LogP contribution in [0, 0.1) is 0 Å². The first kappa shape index (κ1) is 20.5. The summed E-state index contributed by atoms with van der Waals surface area (Å²) in [5.74, 6) is 1.44. The van der Waals surface area contributed by atoms with Crippen LogP contribution in [0.25, 0.3) is 11.4 Å². The predicted molar refractivity (Wildman–Crippen MR) is 111 cm³/mol. The number of amides is 1. The number of aromatic nitrogens is 3. The summed E-state index contributed by atoms with van der Waals surface area (Å²) in [4.78, 5) is 19.0. The highest BCUT2D eigenvalue weighted by molar-refractivity contribution is 7.99. The van der Waals surface area contributed by atoms with E-state index in [2.05, 4.69) is 15.2 Å². The number of carbonyl (C=O) groups is 1. The van der Waals surface area contributed by atoms with Gasteiger partial charge >= 0.3 is 0 Å². The highest BCUT2D eigenvalue weighted by atomic mass is 35.5. The van der Waals surface area contributed by atoms with E-state index >= 15 is 0 Å². The Labute approximate surface area is 178 Å². The van der Waals surface area contributed by atoms with E-state index in [0.717, 1.165) is 12.8 Å². The number of halogens is 1. The van der Waals surface area contributed by atoms with Crippen LogP contribution >= 0.6 is 23.4 Å². The molecule has 8 nitrogen and oxygen atoms in total. The van der Waals surface area contributed by atoms with Gasteiger partial charge in [0.25, 0.3) is 0 Å². The normalized spacial score (nSPS) is 20.6. The summed E-state index contributed by atoms with van der Waals surface area (Å²) in [6.07, 6.45) is 2.40. The Kier molecular flexibility index (Phi) is 5.76. The monoisotopic (exact) mass is 456 g/mol. The van der Waals surface area contributed by atoms with Crippen molar-refractivity contribution in [2.45, 2.75) is 36.5 Å². The zero-order chi connectivity index (χ0) is 20.6. The zero-order valence-corrected chi connectivity index (χ0v) is 18.2. The van der Waals surface area contributed by atoms with Crippen molar-refractivity contribution in [2.75, 3.05) is 24.4 Å². The lowest BCUT2D eigenvalue weighted by molar-refractivity contribution is -0.130. The Hall–Kier alpha value is -1.78. The van der Waals surface area contributed by atoms with Gasteiger partial charge in [-0.1, -0.05) is 23.4 Å². The second-order valence-corrected chi connectivity index (χ2v) is 10.8. The van der Waals surface area contributed by atoms with Crippen molar-refractivity contribution < 1.29 is 17.9 Å². The molecule has 1 unspecified atom stereocenters. The second-order valence-electron chi connectivity index (χ2n) is 7.19. The Balaban J connectivity index is 1.43. The molecule has 2 aliphatic rings. The first-order chi connectivity index (χ1) is 13.9. The first-order valence-corrected chi connectivity index (χ1v) is 12.5. The van der Waals surface area contributed by atoms with Crippen molar-refractivity contribution in [3.63, 3.8) is 0 Å². The van der Waals surface area contributed by atoms with Crippen molar-refractivity contribution in [3.05, 3.63) is 23.2 Å². The van der Waals surface area contributed by atoms with Crippen LogP contribution in [-0.2, 0) is 14.6 Å². The number of benzene rings is 1. The van der Waals surface area contributed by atoms with Crippen LogP contribution in [0.2, 0.25) is 5.02 Å². The van der Waals surface area contributed by atoms with E-state index in [4.69, 9.17) is 16.3 Å². The average Bonchev–Trinajstić information content (AvgIpc) is 3.28. The number of hydrogen-bond donors (Lipinski definition) is 1. The third-order valence-corrected chi connectivity index (χ3v) is 7.85. The van der Waals surface area contributed by atoms with Crippen LogP contribution in [-0.4, -0.2) is 70.9 Å². The smallest absolute Gasteiger partial charge is 0.233 e. The number of nitrogens with one attached hydrogen (secondary N) is 1. The molecule has 11 heteroatoms. The molecule has 1 aliphatic carbocycles. The van der Waals surface area contributed by atoms with Gasteiger partial charge in [0.15, 0.2) is 15.7 Å². The Morgan fingerprint density at radius 2 is 2.14 bits per heavy atom. The van der Waals surface area contributed by atoms with Crippen LogP contribution in [0.5, 0.6) is 5.75 Å². The lowest BCUT2D eigenvalue weighted by atomic mass is 10.2. The van der Waals surface area contributed by atoms with Gasteiger partial charge in [0, 0.05) is 17.1 Å². The molecule has 1 aromatic heterocycles. The summed E-state index contributed by atoms with van der Waals surface area (Å²) in [5.41, 5.74) is 0.682. The molecule has 1 amide bonds. The SMILES string of the molecule is COc1ccc(Cl)cc1-c1nc(SCC(=O)N(C2CC2)C2CCS(=O)(=O)C2)n[nH]1. The summed E-state index contributed by atoms with van der Waals surface area (Å²) in [7, 11) is -1.47. The van der Waals surface area contributed by atoms with Crippen LogP contribution in [0.1, 0.15) is 19.3 Å². The number of nitrogens with zero attached hydrogens (tertiary/aromatic N) is 3. The molecule has 2 aromatic rings. The molecular weight excluding hydrogens is 436 g/mol. The fourth-order valence-corrected chi connectivity index (χ4v) is 6.10. The summed E-state index contributed by atoms with van der Waals surface area (Å²) in [6.45, 7) is 0. The Morgan fingerprint density at radius 3 is 2.79 bits per heavy atom. The van der Waals surface area contributed by atoms with E-state index in [1.807, 2.05) is 0 Å². The fraction of sp³-hybridized carbons (Fsp3) is 0.500. The third-order valence-electron chi connectivity index (χ3n) is 5.04. The minimum absolute atomic E-state index is 0.0636. The van der Waals surface area contributed by atoms with E-state index in [1.54, 1.807) is 30.2 Å². The van der Waals surface area contributed by atoms with E-state index in [9.17, 15) is 13.2 Å². The zero-order valence-electron chi connectivity index (χ0n) is 15.8. The number of aromatic amines is 1. The molecule has 1 saturated carbocycles. The van der Waals surface area contributed by atoms with Gasteiger partial charge in [-0.05, 0) is 37.5 Å². The van der Waals surface area contributed by atoms with Gasteiger partial charge < -0.3 is 9.64 Å². The molecule has 1 saturated heterocycles.